The second-order valence-electron chi connectivity index (χ2n) is 12.1. The van der Waals surface area contributed by atoms with E-state index in [1.165, 1.54) is 13.2 Å². The number of carbonyl (C=O) groups excluding carboxylic acids is 1. The highest BCUT2D eigenvalue weighted by atomic mass is 19.1. The van der Waals surface area contributed by atoms with Crippen LogP contribution in [0, 0.1) is 5.82 Å². The Morgan fingerprint density at radius 2 is 1.71 bits per heavy atom. The smallest absolute Gasteiger partial charge is 0.340 e. The molecular weight excluding hydrogens is 607 g/mol. The third-order valence-corrected chi connectivity index (χ3v) is 9.02. The highest BCUT2D eigenvalue weighted by Gasteiger charge is 2.29. The Kier molecular flexibility index (Phi) is 8.65. The number of aromatic amines is 1. The van der Waals surface area contributed by atoms with Crippen LogP contribution in [0.1, 0.15) is 27.9 Å². The van der Waals surface area contributed by atoms with Gasteiger partial charge in [0.15, 0.2) is 5.82 Å². The molecule has 3 aromatic heterocycles. The molecule has 1 fully saturated rings. The predicted octanol–water partition coefficient (Wildman–Crippen LogP) is 6.99. The van der Waals surface area contributed by atoms with Crippen LogP contribution in [-0.2, 0) is 29.6 Å². The number of anilines is 2. The fraction of sp³-hybridized carbons (Fsp3) is 0.237. The topological polar surface area (TPSA) is 88.5 Å². The van der Waals surface area contributed by atoms with Crippen LogP contribution in [0.3, 0.4) is 0 Å². The number of halogens is 1. The molecule has 1 atom stereocenters. The first-order valence-corrected chi connectivity index (χ1v) is 16.0. The number of imidazole rings is 1. The Bertz CT molecular complexity index is 2020. The number of hydrogen-bond acceptors (Lipinski definition) is 7. The van der Waals surface area contributed by atoms with Gasteiger partial charge in [0.25, 0.3) is 0 Å². The molecule has 0 spiro atoms. The van der Waals surface area contributed by atoms with Gasteiger partial charge >= 0.3 is 5.97 Å². The maximum atomic E-state index is 16.6. The Morgan fingerprint density at radius 1 is 1.00 bits per heavy atom. The number of carbonyl (C=O) groups is 1. The van der Waals surface area contributed by atoms with Crippen molar-refractivity contribution in [2.24, 2.45) is 7.05 Å². The monoisotopic (exact) mass is 644 g/mol. The van der Waals surface area contributed by atoms with E-state index in [0.29, 0.717) is 71.1 Å². The predicted molar refractivity (Wildman–Crippen MR) is 185 cm³/mol. The van der Waals surface area contributed by atoms with Crippen molar-refractivity contribution in [3.8, 4) is 22.6 Å². The van der Waals surface area contributed by atoms with E-state index in [4.69, 9.17) is 14.5 Å². The normalized spacial score (nSPS) is 14.5. The van der Waals surface area contributed by atoms with Crippen molar-refractivity contribution in [1.82, 2.24) is 19.5 Å². The van der Waals surface area contributed by atoms with Crippen molar-refractivity contribution in [3.63, 3.8) is 0 Å². The van der Waals surface area contributed by atoms with Crippen LogP contribution in [0.4, 0.5) is 15.9 Å². The van der Waals surface area contributed by atoms with E-state index in [-0.39, 0.29) is 6.10 Å². The van der Waals surface area contributed by atoms with E-state index < -0.39 is 11.8 Å². The van der Waals surface area contributed by atoms with E-state index in [9.17, 15) is 4.79 Å². The molecule has 244 valence electrons. The second kappa shape index (κ2) is 13.3. The quantitative estimate of drug-likeness (QED) is 0.161. The Hall–Kier alpha value is -5.48. The van der Waals surface area contributed by atoms with Gasteiger partial charge in [0, 0.05) is 75.6 Å². The Labute approximate surface area is 278 Å². The molecule has 0 bridgehead atoms. The van der Waals surface area contributed by atoms with Crippen molar-refractivity contribution in [1.29, 1.82) is 0 Å². The number of aromatic nitrogens is 4. The van der Waals surface area contributed by atoms with Gasteiger partial charge in [-0.3, -0.25) is 0 Å². The van der Waals surface area contributed by atoms with Crippen LogP contribution in [-0.4, -0.2) is 58.9 Å². The summed E-state index contributed by atoms with van der Waals surface area (Å²) < 4.78 is 29.3. The summed E-state index contributed by atoms with van der Waals surface area (Å²) in [4.78, 5) is 30.2. The van der Waals surface area contributed by atoms with E-state index in [1.54, 1.807) is 19.5 Å². The molecule has 3 aromatic carbocycles. The van der Waals surface area contributed by atoms with Crippen LogP contribution >= 0.6 is 0 Å². The maximum Gasteiger partial charge on any atom is 0.340 e. The minimum atomic E-state index is -0.518. The number of ether oxygens (including phenoxy) is 2. The summed E-state index contributed by atoms with van der Waals surface area (Å²) >= 11 is 0. The summed E-state index contributed by atoms with van der Waals surface area (Å²) in [6, 6.07) is 25.7. The van der Waals surface area contributed by atoms with Crippen molar-refractivity contribution in [3.05, 3.63) is 120 Å². The first-order valence-electron chi connectivity index (χ1n) is 16.0. The first kappa shape index (κ1) is 31.1. The molecule has 6 aromatic rings. The molecule has 0 aliphatic carbocycles. The van der Waals surface area contributed by atoms with Crippen LogP contribution in [0.25, 0.3) is 33.5 Å². The molecule has 7 rings (SSSR count). The Balaban J connectivity index is 1.42. The van der Waals surface area contributed by atoms with E-state index in [1.807, 2.05) is 66.3 Å². The number of nitrogens with one attached hydrogen (secondary N) is 1. The van der Waals surface area contributed by atoms with E-state index >= 15 is 4.39 Å². The number of rotatable bonds is 10. The molecule has 10 heteroatoms. The number of pyridine rings is 1. The number of aryl methyl sites for hydroxylation is 1. The third-order valence-electron chi connectivity index (χ3n) is 9.02. The Morgan fingerprint density at radius 3 is 2.31 bits per heavy atom. The third kappa shape index (κ3) is 6.02. The second-order valence-corrected chi connectivity index (χ2v) is 12.1. The minimum absolute atomic E-state index is 0.0340. The molecular formula is C38H37FN6O3. The van der Waals surface area contributed by atoms with E-state index in [2.05, 4.69) is 44.0 Å². The zero-order valence-electron chi connectivity index (χ0n) is 27.2. The molecule has 0 unspecified atom stereocenters. The van der Waals surface area contributed by atoms with Gasteiger partial charge in [-0.1, -0.05) is 60.7 Å². The van der Waals surface area contributed by atoms with Gasteiger partial charge in [-0.05, 0) is 35.7 Å². The molecule has 0 radical (unpaired) electrons. The highest BCUT2D eigenvalue weighted by Crippen LogP contribution is 2.41. The fourth-order valence-corrected chi connectivity index (χ4v) is 6.58. The zero-order chi connectivity index (χ0) is 33.2. The molecule has 9 nitrogen and oxygen atoms in total. The lowest BCUT2D eigenvalue weighted by atomic mass is 10.0. The maximum absolute atomic E-state index is 16.6. The lowest BCUT2D eigenvalue weighted by Gasteiger charge is -2.25. The molecule has 48 heavy (non-hydrogen) atoms. The number of hydrogen-bond donors (Lipinski definition) is 1. The summed E-state index contributed by atoms with van der Waals surface area (Å²) in [5, 5.41) is 0.600. The van der Waals surface area contributed by atoms with Crippen LogP contribution in [0.2, 0.25) is 0 Å². The molecule has 1 aliphatic heterocycles. The average Bonchev–Trinajstić information content (AvgIpc) is 3.88. The number of methoxy groups -OCH3 is 2. The van der Waals surface area contributed by atoms with Gasteiger partial charge in [0.05, 0.1) is 35.6 Å². The van der Waals surface area contributed by atoms with Crippen molar-refractivity contribution >= 4 is 28.4 Å². The zero-order valence-corrected chi connectivity index (χ0v) is 27.2. The summed E-state index contributed by atoms with van der Waals surface area (Å²) in [7, 11) is 4.94. The number of H-pyrrole nitrogens is 1. The molecule has 4 heterocycles. The minimum Gasteiger partial charge on any atom is -0.465 e. The summed E-state index contributed by atoms with van der Waals surface area (Å²) in [5.74, 6) is 0.384. The number of benzene rings is 3. The average molecular weight is 645 g/mol. The SMILES string of the molecule is COC(=O)c1cnc(N(Cc2ccccc2)Cc2ccccc2)c2[nH]c(-c3c(F)cc(-c4nccn4C)cc3N3CC[C@@H](OC)C3)cc12. The molecule has 1 saturated heterocycles. The van der Waals surface area contributed by atoms with Crippen molar-refractivity contribution < 1.29 is 18.7 Å². The van der Waals surface area contributed by atoms with Gasteiger partial charge in [-0.15, -0.1) is 0 Å². The molecule has 1 N–H and O–H groups in total. The van der Waals surface area contributed by atoms with Crippen molar-refractivity contribution in [2.75, 3.05) is 37.1 Å². The fourth-order valence-electron chi connectivity index (χ4n) is 6.58. The number of nitrogens with zero attached hydrogens (tertiary/aromatic N) is 5. The van der Waals surface area contributed by atoms with E-state index in [0.717, 1.165) is 23.2 Å². The van der Waals surface area contributed by atoms with Gasteiger partial charge in [0.2, 0.25) is 0 Å². The first-order chi connectivity index (χ1) is 23.4. The van der Waals surface area contributed by atoms with Crippen LogP contribution in [0.15, 0.2) is 97.5 Å². The van der Waals surface area contributed by atoms with Crippen LogP contribution in [0.5, 0.6) is 0 Å². The lowest BCUT2D eigenvalue weighted by molar-refractivity contribution is 0.0602. The van der Waals surface area contributed by atoms with Gasteiger partial charge in [-0.2, -0.15) is 0 Å². The number of fused-ring (bicyclic) bond motifs is 1. The number of esters is 1. The largest absolute Gasteiger partial charge is 0.465 e. The van der Waals surface area contributed by atoms with Gasteiger partial charge < -0.3 is 28.8 Å². The molecule has 1 aliphatic rings. The van der Waals surface area contributed by atoms with Crippen molar-refractivity contribution in [2.45, 2.75) is 25.6 Å². The molecule has 0 saturated carbocycles. The highest BCUT2D eigenvalue weighted by molar-refractivity contribution is 6.08. The summed E-state index contributed by atoms with van der Waals surface area (Å²) in [6.07, 6.45) is 5.95. The van der Waals surface area contributed by atoms with Crippen LogP contribution < -0.4 is 9.80 Å². The summed E-state index contributed by atoms with van der Waals surface area (Å²) in [5.41, 5.74) is 5.45. The molecule has 0 amide bonds. The standard InChI is InChI=1S/C38H37FN6O3/c1-43-17-15-40-36(43)27-18-31(39)34(33(19-27)44-16-14-28(24-44)47-2)32-20-29-30(38(46)48-3)21-41-37(35(29)42-32)45(22-25-10-6-4-7-11-25)23-26-12-8-5-9-13-26/h4-13,15,17-21,28,42H,14,16,22-24H2,1-3H3/t28-/m1/s1. The summed E-state index contributed by atoms with van der Waals surface area (Å²) in [6.45, 7) is 2.45. The lowest BCUT2D eigenvalue weighted by Crippen LogP contribution is -2.24. The van der Waals surface area contributed by atoms with Gasteiger partial charge in [-0.25, -0.2) is 19.2 Å². The van der Waals surface area contributed by atoms with Gasteiger partial charge in [0.1, 0.15) is 11.6 Å².